The Balaban J connectivity index is 1.10. The molecule has 6 aliphatic rings. The van der Waals surface area contributed by atoms with Gasteiger partial charge < -0.3 is 0 Å². The lowest BCUT2D eigenvalue weighted by Crippen LogP contribution is -2.50. The Morgan fingerprint density at radius 1 is 0.544 bits per heavy atom. The molecule has 10 rings (SSSR count). The molecule has 2 bridgehead atoms. The number of allylic oxidation sites excluding steroid dienone is 2. The van der Waals surface area contributed by atoms with E-state index < -0.39 is 46.5 Å². The van der Waals surface area contributed by atoms with Crippen LogP contribution in [0.2, 0.25) is 0 Å². The van der Waals surface area contributed by atoms with Crippen molar-refractivity contribution in [2.24, 2.45) is 35.5 Å². The highest BCUT2D eigenvalue weighted by Gasteiger charge is 2.70. The molecule has 57 heavy (non-hydrogen) atoms. The summed E-state index contributed by atoms with van der Waals surface area (Å²) < 4.78 is 0. The first-order chi connectivity index (χ1) is 27.5. The van der Waals surface area contributed by atoms with Gasteiger partial charge in [-0.1, -0.05) is 145 Å². The summed E-state index contributed by atoms with van der Waals surface area (Å²) in [7, 11) is 0. The first kappa shape index (κ1) is 37.5. The maximum Gasteiger partial charge on any atom is 0.238 e. The van der Waals surface area contributed by atoms with Crippen LogP contribution in [0.5, 0.6) is 0 Å². The third-order valence-corrected chi connectivity index (χ3v) is 15.2. The summed E-state index contributed by atoms with van der Waals surface area (Å²) in [6.45, 7) is 13.0. The molecule has 2 aliphatic heterocycles. The number of benzene rings is 4. The van der Waals surface area contributed by atoms with Crippen molar-refractivity contribution < 1.29 is 19.2 Å². The highest BCUT2D eigenvalue weighted by molar-refractivity contribution is 6.23. The Morgan fingerprint density at radius 3 is 1.46 bits per heavy atom. The lowest BCUT2D eigenvalue weighted by Gasteiger charge is -2.44. The number of hydrogen-bond acceptors (Lipinski definition) is 4. The zero-order chi connectivity index (χ0) is 40.0. The van der Waals surface area contributed by atoms with E-state index in [-0.39, 0.29) is 29.0 Å². The van der Waals surface area contributed by atoms with E-state index in [9.17, 15) is 19.2 Å². The average Bonchev–Trinajstić information content (AvgIpc) is 3.81. The maximum atomic E-state index is 14.6. The number of carbonyl (C=O) groups is 4. The Bertz CT molecular complexity index is 2230. The minimum atomic E-state index is -0.663. The molecule has 4 aromatic rings. The van der Waals surface area contributed by atoms with Gasteiger partial charge in [0.1, 0.15) is 0 Å². The molecule has 0 N–H and O–H groups in total. The van der Waals surface area contributed by atoms with Gasteiger partial charge in [-0.05, 0) is 89.1 Å². The first-order valence-electron chi connectivity index (χ1n) is 21.4. The van der Waals surface area contributed by atoms with Crippen LogP contribution in [0.15, 0.2) is 109 Å². The monoisotopic (exact) mass is 758 g/mol. The molecule has 6 nitrogen and oxygen atoms in total. The van der Waals surface area contributed by atoms with Gasteiger partial charge in [0.15, 0.2) is 0 Å². The van der Waals surface area contributed by atoms with E-state index in [2.05, 4.69) is 113 Å². The third kappa shape index (κ3) is 5.01. The van der Waals surface area contributed by atoms with Crippen molar-refractivity contribution in [1.82, 2.24) is 4.90 Å². The SMILES string of the molecule is CCCC(C)(CC)c1ccc(C2(c3ccc(N4C(=O)C5C6C=CC(C5C4=O)C4C(=O)N(C(C)(CC)CCC)C(=O)C64)cc3)c3ccccc3-c3ccccc32)cc1. The smallest absolute Gasteiger partial charge is 0.238 e. The molecule has 8 unspecified atom stereocenters. The zero-order valence-electron chi connectivity index (χ0n) is 34.1. The second kappa shape index (κ2) is 13.5. The minimum Gasteiger partial charge on any atom is -0.276 e. The van der Waals surface area contributed by atoms with Crippen LogP contribution >= 0.6 is 0 Å². The summed E-state index contributed by atoms with van der Waals surface area (Å²) in [5, 5.41) is 0. The van der Waals surface area contributed by atoms with Crippen LogP contribution in [-0.4, -0.2) is 34.1 Å². The predicted molar refractivity (Wildman–Crippen MR) is 224 cm³/mol. The molecule has 0 aromatic heterocycles. The third-order valence-electron chi connectivity index (χ3n) is 15.2. The number of imide groups is 2. The van der Waals surface area contributed by atoms with Gasteiger partial charge in [0.25, 0.3) is 0 Å². The van der Waals surface area contributed by atoms with Crippen LogP contribution in [0.25, 0.3) is 11.1 Å². The van der Waals surface area contributed by atoms with Gasteiger partial charge >= 0.3 is 0 Å². The molecule has 4 aliphatic carbocycles. The summed E-state index contributed by atoms with van der Waals surface area (Å²) in [5.41, 5.74) is 7.78. The number of hydrogen-bond donors (Lipinski definition) is 0. The number of fused-ring (bicyclic) bond motifs is 3. The van der Waals surface area contributed by atoms with Crippen molar-refractivity contribution in [2.75, 3.05) is 4.90 Å². The molecule has 2 saturated heterocycles. The molecule has 0 radical (unpaired) electrons. The molecular weight excluding hydrogens is 705 g/mol. The topological polar surface area (TPSA) is 74.8 Å². The normalized spacial score (nSPS) is 27.3. The number of amides is 4. The van der Waals surface area contributed by atoms with Crippen molar-refractivity contribution in [3.8, 4) is 11.1 Å². The molecule has 292 valence electrons. The lowest BCUT2D eigenvalue weighted by molar-refractivity contribution is -0.147. The molecule has 0 spiro atoms. The Kier molecular flexibility index (Phi) is 8.87. The van der Waals surface area contributed by atoms with Crippen molar-refractivity contribution >= 4 is 29.3 Å². The molecule has 8 atom stereocenters. The van der Waals surface area contributed by atoms with Crippen LogP contribution in [0.3, 0.4) is 0 Å². The van der Waals surface area contributed by atoms with Crippen LogP contribution < -0.4 is 4.90 Å². The Labute approximate surface area is 337 Å². The summed E-state index contributed by atoms with van der Waals surface area (Å²) >= 11 is 0. The van der Waals surface area contributed by atoms with E-state index >= 15 is 0 Å². The largest absolute Gasteiger partial charge is 0.276 e. The lowest BCUT2D eigenvalue weighted by atomic mass is 9.54. The van der Waals surface area contributed by atoms with Crippen LogP contribution in [0.4, 0.5) is 5.69 Å². The van der Waals surface area contributed by atoms with E-state index in [1.165, 1.54) is 43.2 Å². The van der Waals surface area contributed by atoms with Crippen LogP contribution in [0, 0.1) is 35.5 Å². The van der Waals surface area contributed by atoms with Crippen molar-refractivity contribution in [1.29, 1.82) is 0 Å². The fourth-order valence-corrected chi connectivity index (χ4v) is 12.1. The van der Waals surface area contributed by atoms with E-state index in [0.29, 0.717) is 12.1 Å². The van der Waals surface area contributed by atoms with Gasteiger partial charge in [-0.15, -0.1) is 0 Å². The highest BCUT2D eigenvalue weighted by atomic mass is 16.2. The van der Waals surface area contributed by atoms with Gasteiger partial charge in [-0.2, -0.15) is 0 Å². The van der Waals surface area contributed by atoms with Crippen molar-refractivity contribution in [2.45, 2.75) is 96.4 Å². The van der Waals surface area contributed by atoms with Gasteiger partial charge in [-0.25, -0.2) is 0 Å². The molecule has 2 heterocycles. The highest BCUT2D eigenvalue weighted by Crippen LogP contribution is 2.60. The molecule has 3 fully saturated rings. The average molecular weight is 759 g/mol. The van der Waals surface area contributed by atoms with E-state index in [1.54, 1.807) is 0 Å². The van der Waals surface area contributed by atoms with Gasteiger partial charge in [0, 0.05) is 17.4 Å². The number of anilines is 1. The predicted octanol–water partition coefficient (Wildman–Crippen LogP) is 10.0. The van der Waals surface area contributed by atoms with Crippen molar-refractivity contribution in [3.05, 3.63) is 137 Å². The summed E-state index contributed by atoms with van der Waals surface area (Å²) in [5.74, 6) is -4.41. The van der Waals surface area contributed by atoms with Crippen molar-refractivity contribution in [3.63, 3.8) is 0 Å². The zero-order valence-corrected chi connectivity index (χ0v) is 34.1. The summed E-state index contributed by atoms with van der Waals surface area (Å²) in [6, 6.07) is 34.5. The van der Waals surface area contributed by atoms with E-state index in [0.717, 1.165) is 37.7 Å². The van der Waals surface area contributed by atoms with Gasteiger partial charge in [-0.3, -0.25) is 29.0 Å². The molecular formula is C51H54N2O4. The molecule has 1 saturated carbocycles. The number of rotatable bonds is 11. The minimum absolute atomic E-state index is 0.0956. The second-order valence-corrected chi connectivity index (χ2v) is 17.9. The summed E-state index contributed by atoms with van der Waals surface area (Å²) in [4.78, 5) is 60.4. The molecule has 4 aromatic carbocycles. The Morgan fingerprint density at radius 2 is 1.00 bits per heavy atom. The van der Waals surface area contributed by atoms with Gasteiger partial charge in [0.05, 0.1) is 34.8 Å². The van der Waals surface area contributed by atoms with Crippen LogP contribution in [-0.2, 0) is 30.0 Å². The van der Waals surface area contributed by atoms with Crippen LogP contribution in [0.1, 0.15) is 108 Å². The second-order valence-electron chi connectivity index (χ2n) is 17.9. The maximum absolute atomic E-state index is 14.6. The first-order valence-corrected chi connectivity index (χ1v) is 21.4. The standard InChI is InChI=1S/C51H54N2O4/c1-7-29-49(5,9-3)31-19-21-32(22-20-31)51(39-17-13-11-15-35(39)36-16-12-14-18-40(36)51)33-23-25-34(26-24-33)52-45(54)41-37-27-28-38(42(41)46(52)55)44-43(37)47(56)53(48(44)57)50(6,10-4)30-8-2/h11-28,37-38,41-44H,7-10,29-30H2,1-6H3. The van der Waals surface area contributed by atoms with E-state index in [4.69, 9.17) is 0 Å². The fraction of sp³-hybridized carbons (Fsp3) is 0.412. The number of nitrogens with zero attached hydrogens (tertiary/aromatic N) is 2. The number of likely N-dealkylation sites (tertiary alicyclic amines) is 1. The van der Waals surface area contributed by atoms with E-state index in [1.807, 2.05) is 38.1 Å². The quantitative estimate of drug-likeness (QED) is 0.0993. The molecule has 4 amide bonds. The fourth-order valence-electron chi connectivity index (χ4n) is 12.1. The summed E-state index contributed by atoms with van der Waals surface area (Å²) in [6.07, 6.45) is 9.46. The van der Waals surface area contributed by atoms with Gasteiger partial charge in [0.2, 0.25) is 23.6 Å². The number of carbonyl (C=O) groups excluding carboxylic acids is 4. The molecule has 6 heteroatoms. The Hall–Kier alpha value is -5.10.